The minimum atomic E-state index is -4.61. The first-order valence-corrected chi connectivity index (χ1v) is 13.1. The molecule has 0 spiro atoms. The van der Waals surface area contributed by atoms with Gasteiger partial charge in [-0.05, 0) is 68.4 Å². The predicted molar refractivity (Wildman–Crippen MR) is 139 cm³/mol. The van der Waals surface area contributed by atoms with E-state index in [9.17, 15) is 26.7 Å². The molecule has 4 aromatic rings. The van der Waals surface area contributed by atoms with Gasteiger partial charge in [0, 0.05) is 41.4 Å². The summed E-state index contributed by atoms with van der Waals surface area (Å²) in [4.78, 5) is 22.4. The van der Waals surface area contributed by atoms with E-state index in [-0.39, 0.29) is 37.2 Å². The van der Waals surface area contributed by atoms with Gasteiger partial charge in [-0.2, -0.15) is 18.3 Å². The first kappa shape index (κ1) is 27.6. The molecule has 208 valence electrons. The van der Waals surface area contributed by atoms with Crippen LogP contribution >= 0.6 is 0 Å². The maximum Gasteiger partial charge on any atom is 0.435 e. The normalized spacial score (nSPS) is 14.2. The van der Waals surface area contributed by atoms with E-state index in [0.717, 1.165) is 23.6 Å². The van der Waals surface area contributed by atoms with E-state index in [2.05, 4.69) is 15.1 Å². The molecule has 1 aliphatic rings. The predicted octanol–water partition coefficient (Wildman–Crippen LogP) is 6.81. The van der Waals surface area contributed by atoms with Crippen LogP contribution in [0.1, 0.15) is 59.1 Å². The molecule has 0 N–H and O–H groups in total. The lowest BCUT2D eigenvalue weighted by Gasteiger charge is -2.18. The summed E-state index contributed by atoms with van der Waals surface area (Å²) in [5.74, 6) is -2.25. The van der Waals surface area contributed by atoms with Crippen molar-refractivity contribution < 1.29 is 26.7 Å². The molecule has 40 heavy (non-hydrogen) atoms. The number of nitrogens with zero attached hydrogens (tertiary/aromatic N) is 4. The lowest BCUT2D eigenvalue weighted by molar-refractivity contribution is -0.142. The molecule has 0 amide bonds. The standard InChI is InChI=1S/C30H27F5N4O/c1-18-6-2-3-7-24(18)26-10-11-36-29(37-26)20(12-19-13-21(31)16-22(32)14-19)15-23(40)17-39-27-9-5-4-8-25(27)28(38-39)30(33,34)35/h2-3,6-7,10-11,13-14,16,20H,4-5,8-9,12,15,17H2,1H3. The maximum atomic E-state index is 14.0. The van der Waals surface area contributed by atoms with Crippen molar-refractivity contribution in [1.29, 1.82) is 0 Å². The fourth-order valence-electron chi connectivity index (χ4n) is 5.38. The van der Waals surface area contributed by atoms with Crippen LogP contribution in [0.25, 0.3) is 11.3 Å². The summed E-state index contributed by atoms with van der Waals surface area (Å²) in [5.41, 5.74) is 2.46. The molecule has 2 aromatic carbocycles. The number of alkyl halides is 3. The average molecular weight is 555 g/mol. The number of carbonyl (C=O) groups is 1. The summed E-state index contributed by atoms with van der Waals surface area (Å²) < 4.78 is 70.0. The molecular formula is C30H27F5N4O. The van der Waals surface area contributed by atoms with E-state index < -0.39 is 29.4 Å². The third kappa shape index (κ3) is 6.11. The van der Waals surface area contributed by atoms with Gasteiger partial charge >= 0.3 is 6.18 Å². The Morgan fingerprint density at radius 3 is 2.48 bits per heavy atom. The zero-order chi connectivity index (χ0) is 28.4. The first-order chi connectivity index (χ1) is 19.1. The highest BCUT2D eigenvalue weighted by Gasteiger charge is 2.39. The van der Waals surface area contributed by atoms with Gasteiger partial charge in [0.15, 0.2) is 11.5 Å². The van der Waals surface area contributed by atoms with Crippen LogP contribution in [0, 0.1) is 18.6 Å². The third-order valence-corrected chi connectivity index (χ3v) is 7.19. The molecule has 10 heteroatoms. The van der Waals surface area contributed by atoms with Gasteiger partial charge in [0.2, 0.25) is 0 Å². The summed E-state index contributed by atoms with van der Waals surface area (Å²) >= 11 is 0. The molecule has 1 aliphatic carbocycles. The van der Waals surface area contributed by atoms with Crippen LogP contribution in [0.3, 0.4) is 0 Å². The SMILES string of the molecule is Cc1ccccc1-c1ccnc(C(CC(=O)Cn2nc(C(F)(F)F)c3c2CCCC3)Cc2cc(F)cc(F)c2)n1. The number of aryl methyl sites for hydroxylation is 1. The molecule has 0 aliphatic heterocycles. The van der Waals surface area contributed by atoms with Crippen LogP contribution in [0.4, 0.5) is 22.0 Å². The summed E-state index contributed by atoms with van der Waals surface area (Å²) in [6.45, 7) is 1.59. The Hall–Kier alpha value is -3.95. The lowest BCUT2D eigenvalue weighted by atomic mass is 9.92. The Morgan fingerprint density at radius 1 is 1.02 bits per heavy atom. The van der Waals surface area contributed by atoms with Crippen molar-refractivity contribution in [2.45, 2.75) is 64.1 Å². The van der Waals surface area contributed by atoms with E-state index in [1.54, 1.807) is 12.3 Å². The molecule has 2 aromatic heterocycles. The number of hydrogen-bond acceptors (Lipinski definition) is 4. The van der Waals surface area contributed by atoms with Crippen molar-refractivity contribution in [3.05, 3.63) is 100 Å². The van der Waals surface area contributed by atoms with Crippen molar-refractivity contribution in [1.82, 2.24) is 19.7 Å². The van der Waals surface area contributed by atoms with E-state index in [1.165, 1.54) is 16.8 Å². The number of ketones is 1. The highest BCUT2D eigenvalue weighted by atomic mass is 19.4. The van der Waals surface area contributed by atoms with Crippen LogP contribution in [-0.4, -0.2) is 25.5 Å². The van der Waals surface area contributed by atoms with Gasteiger partial charge < -0.3 is 0 Å². The van der Waals surface area contributed by atoms with E-state index in [4.69, 9.17) is 0 Å². The summed E-state index contributed by atoms with van der Waals surface area (Å²) in [5, 5.41) is 3.79. The van der Waals surface area contributed by atoms with Gasteiger partial charge in [0.05, 0.1) is 12.2 Å². The van der Waals surface area contributed by atoms with Crippen molar-refractivity contribution >= 4 is 5.78 Å². The molecule has 0 saturated carbocycles. The van der Waals surface area contributed by atoms with E-state index >= 15 is 0 Å². The first-order valence-electron chi connectivity index (χ1n) is 13.1. The van der Waals surface area contributed by atoms with Crippen LogP contribution in [0.15, 0.2) is 54.7 Å². The number of hydrogen-bond donors (Lipinski definition) is 0. The Bertz CT molecular complexity index is 1530. The minimum Gasteiger partial charge on any atom is -0.298 e. The third-order valence-electron chi connectivity index (χ3n) is 7.19. The summed E-state index contributed by atoms with van der Waals surface area (Å²) in [7, 11) is 0. The van der Waals surface area contributed by atoms with Gasteiger partial charge in [-0.3, -0.25) is 9.48 Å². The zero-order valence-electron chi connectivity index (χ0n) is 21.8. The van der Waals surface area contributed by atoms with Gasteiger partial charge in [-0.15, -0.1) is 0 Å². The number of benzene rings is 2. The molecule has 1 unspecified atom stereocenters. The van der Waals surface area contributed by atoms with Crippen molar-refractivity contribution in [3.63, 3.8) is 0 Å². The number of rotatable bonds is 8. The highest BCUT2D eigenvalue weighted by molar-refractivity contribution is 5.79. The van der Waals surface area contributed by atoms with Crippen molar-refractivity contribution in [2.24, 2.45) is 0 Å². The van der Waals surface area contributed by atoms with Gasteiger partial charge in [0.1, 0.15) is 17.5 Å². The number of fused-ring (bicyclic) bond motifs is 1. The molecular weight excluding hydrogens is 527 g/mol. The van der Waals surface area contributed by atoms with Crippen LogP contribution in [0.2, 0.25) is 0 Å². The largest absolute Gasteiger partial charge is 0.435 e. The van der Waals surface area contributed by atoms with Gasteiger partial charge in [-0.1, -0.05) is 24.3 Å². The van der Waals surface area contributed by atoms with Gasteiger partial charge in [-0.25, -0.2) is 18.7 Å². The molecule has 5 rings (SSSR count). The molecule has 0 fully saturated rings. The van der Waals surface area contributed by atoms with E-state index in [0.29, 0.717) is 35.6 Å². The second-order valence-corrected chi connectivity index (χ2v) is 10.2. The van der Waals surface area contributed by atoms with Crippen molar-refractivity contribution in [2.75, 3.05) is 0 Å². The number of aromatic nitrogens is 4. The Balaban J connectivity index is 1.46. The molecule has 0 radical (unpaired) electrons. The molecule has 2 heterocycles. The fourth-order valence-corrected chi connectivity index (χ4v) is 5.38. The molecule has 1 atom stereocenters. The topological polar surface area (TPSA) is 60.7 Å². The average Bonchev–Trinajstić information content (AvgIpc) is 3.27. The van der Waals surface area contributed by atoms with Crippen LogP contribution in [-0.2, 0) is 36.8 Å². The molecule has 5 nitrogen and oxygen atoms in total. The van der Waals surface area contributed by atoms with Crippen LogP contribution in [0.5, 0.6) is 0 Å². The molecule has 0 saturated heterocycles. The summed E-state index contributed by atoms with van der Waals surface area (Å²) in [6, 6.07) is 12.5. The fraction of sp³-hybridized carbons (Fsp3) is 0.333. The van der Waals surface area contributed by atoms with E-state index in [1.807, 2.05) is 31.2 Å². The second-order valence-electron chi connectivity index (χ2n) is 10.2. The quantitative estimate of drug-likeness (QED) is 0.225. The maximum absolute atomic E-state index is 14.0. The lowest BCUT2D eigenvalue weighted by Crippen LogP contribution is -2.20. The number of carbonyl (C=O) groups excluding carboxylic acids is 1. The molecule has 0 bridgehead atoms. The smallest absolute Gasteiger partial charge is 0.298 e. The number of halogens is 5. The Morgan fingerprint density at radius 2 is 1.75 bits per heavy atom. The second kappa shape index (κ2) is 11.3. The summed E-state index contributed by atoms with van der Waals surface area (Å²) in [6.07, 6.45) is -1.09. The zero-order valence-corrected chi connectivity index (χ0v) is 21.8. The van der Waals surface area contributed by atoms with Gasteiger partial charge in [0.25, 0.3) is 0 Å². The Kier molecular flexibility index (Phi) is 7.78. The minimum absolute atomic E-state index is 0.0582. The monoisotopic (exact) mass is 554 g/mol. The number of Topliss-reactive ketones (excluding diaryl/α,β-unsaturated/α-hetero) is 1. The Labute approximate surface area is 228 Å². The highest BCUT2D eigenvalue weighted by Crippen LogP contribution is 2.36. The van der Waals surface area contributed by atoms with Crippen molar-refractivity contribution in [3.8, 4) is 11.3 Å². The van der Waals surface area contributed by atoms with Crippen LogP contribution < -0.4 is 0 Å².